The lowest BCUT2D eigenvalue weighted by Gasteiger charge is -2.43. The quantitative estimate of drug-likeness (QED) is 0.752. The minimum atomic E-state index is 0.165. The van der Waals surface area contributed by atoms with Gasteiger partial charge in [0, 0.05) is 50.5 Å². The molecular weight excluding hydrogens is 366 g/mol. The predicted molar refractivity (Wildman–Crippen MR) is 113 cm³/mol. The molecule has 0 bridgehead atoms. The topological polar surface area (TPSA) is 61.8 Å². The molecule has 0 N–H and O–H groups in total. The molecule has 3 aliphatic heterocycles. The van der Waals surface area contributed by atoms with Gasteiger partial charge in [0.15, 0.2) is 0 Å². The van der Waals surface area contributed by atoms with Crippen molar-refractivity contribution in [1.82, 2.24) is 19.8 Å². The fraction of sp³-hybridized carbons (Fsp3) is 0.773. The normalized spacial score (nSPS) is 24.7. The van der Waals surface area contributed by atoms with Gasteiger partial charge in [-0.15, -0.1) is 0 Å². The van der Waals surface area contributed by atoms with Crippen LogP contribution in [0.25, 0.3) is 0 Å². The Hall–Kier alpha value is -1.73. The molecule has 160 valence electrons. The minimum Gasteiger partial charge on any atom is -0.378 e. The number of aromatic nitrogens is 2. The molecule has 0 saturated carbocycles. The first-order valence-electron chi connectivity index (χ1n) is 11.4. The SMILES string of the molecule is CCCc1cncnc1N1CCC(N2CCC[C@@H](C(=O)N3CCOCC3)C2)CC1. The lowest BCUT2D eigenvalue weighted by molar-refractivity contribution is -0.141. The van der Waals surface area contributed by atoms with Crippen LogP contribution < -0.4 is 4.90 Å². The number of aryl methyl sites for hydroxylation is 1. The number of amides is 1. The van der Waals surface area contributed by atoms with E-state index < -0.39 is 0 Å². The smallest absolute Gasteiger partial charge is 0.227 e. The zero-order valence-electron chi connectivity index (χ0n) is 17.8. The van der Waals surface area contributed by atoms with Gasteiger partial charge in [0.25, 0.3) is 0 Å². The summed E-state index contributed by atoms with van der Waals surface area (Å²) in [5.74, 6) is 1.64. The van der Waals surface area contributed by atoms with Crippen LogP contribution in [0.4, 0.5) is 5.82 Å². The van der Waals surface area contributed by atoms with Crippen LogP contribution in [0.1, 0.15) is 44.6 Å². The number of piperidine rings is 2. The van der Waals surface area contributed by atoms with Gasteiger partial charge in [-0.1, -0.05) is 13.3 Å². The summed E-state index contributed by atoms with van der Waals surface area (Å²) in [6, 6.07) is 0.586. The summed E-state index contributed by atoms with van der Waals surface area (Å²) in [7, 11) is 0. The number of carbonyl (C=O) groups excluding carboxylic acids is 1. The number of likely N-dealkylation sites (tertiary alicyclic amines) is 1. The van der Waals surface area contributed by atoms with Crippen molar-refractivity contribution in [3.8, 4) is 0 Å². The molecule has 0 aliphatic carbocycles. The number of nitrogens with zero attached hydrogens (tertiary/aromatic N) is 5. The summed E-state index contributed by atoms with van der Waals surface area (Å²) in [4.78, 5) is 28.8. The highest BCUT2D eigenvalue weighted by molar-refractivity contribution is 5.79. The van der Waals surface area contributed by atoms with Crippen molar-refractivity contribution in [3.63, 3.8) is 0 Å². The van der Waals surface area contributed by atoms with Gasteiger partial charge in [-0.25, -0.2) is 9.97 Å². The number of hydrogen-bond acceptors (Lipinski definition) is 6. The molecule has 3 fully saturated rings. The van der Waals surface area contributed by atoms with Crippen molar-refractivity contribution in [3.05, 3.63) is 18.1 Å². The van der Waals surface area contributed by atoms with Crippen LogP contribution in [0.3, 0.4) is 0 Å². The van der Waals surface area contributed by atoms with Crippen LogP contribution in [-0.4, -0.2) is 84.2 Å². The Kier molecular flexibility index (Phi) is 6.98. The lowest BCUT2D eigenvalue weighted by Crippen LogP contribution is -2.52. The van der Waals surface area contributed by atoms with Gasteiger partial charge in [0.2, 0.25) is 5.91 Å². The van der Waals surface area contributed by atoms with Crippen molar-refractivity contribution in [2.24, 2.45) is 5.92 Å². The Balaban J connectivity index is 1.32. The van der Waals surface area contributed by atoms with E-state index in [2.05, 4.69) is 26.7 Å². The van der Waals surface area contributed by atoms with Gasteiger partial charge in [0.1, 0.15) is 12.1 Å². The average molecular weight is 402 g/mol. The first kappa shape index (κ1) is 20.5. The molecule has 0 aromatic carbocycles. The summed E-state index contributed by atoms with van der Waals surface area (Å²) in [5.41, 5.74) is 1.27. The van der Waals surface area contributed by atoms with Crippen LogP contribution in [0.2, 0.25) is 0 Å². The summed E-state index contributed by atoms with van der Waals surface area (Å²) in [5, 5.41) is 0. The molecule has 4 rings (SSSR count). The average Bonchev–Trinajstić information content (AvgIpc) is 2.80. The molecule has 0 radical (unpaired) electrons. The number of morpholine rings is 1. The maximum atomic E-state index is 12.9. The van der Waals surface area contributed by atoms with E-state index >= 15 is 0 Å². The Morgan fingerprint density at radius 3 is 2.69 bits per heavy atom. The van der Waals surface area contributed by atoms with Crippen molar-refractivity contribution in [2.75, 3.05) is 57.4 Å². The highest BCUT2D eigenvalue weighted by Gasteiger charge is 2.34. The first-order chi connectivity index (χ1) is 14.3. The van der Waals surface area contributed by atoms with Gasteiger partial charge in [0.05, 0.1) is 19.1 Å². The molecule has 4 heterocycles. The van der Waals surface area contributed by atoms with Crippen LogP contribution >= 0.6 is 0 Å². The zero-order valence-corrected chi connectivity index (χ0v) is 17.8. The van der Waals surface area contributed by atoms with Crippen molar-refractivity contribution < 1.29 is 9.53 Å². The van der Waals surface area contributed by atoms with E-state index in [1.165, 1.54) is 5.56 Å². The second kappa shape index (κ2) is 9.85. The lowest BCUT2D eigenvalue weighted by atomic mass is 9.92. The van der Waals surface area contributed by atoms with Crippen LogP contribution in [0, 0.1) is 5.92 Å². The Bertz CT molecular complexity index is 671. The standard InChI is InChI=1S/C22H35N5O2/c1-2-4-18-15-23-17-24-21(18)25-9-6-20(7-10-25)27-8-3-5-19(16-27)22(28)26-11-13-29-14-12-26/h15,17,19-20H,2-14,16H2,1H3/t19-/m1/s1. The Morgan fingerprint density at radius 2 is 1.93 bits per heavy atom. The number of carbonyl (C=O) groups is 1. The molecule has 3 aliphatic rings. The van der Waals surface area contributed by atoms with Gasteiger partial charge in [-0.3, -0.25) is 9.69 Å². The van der Waals surface area contributed by atoms with Crippen LogP contribution in [-0.2, 0) is 16.0 Å². The second-order valence-electron chi connectivity index (χ2n) is 8.61. The Labute approximate surface area is 174 Å². The van der Waals surface area contributed by atoms with Gasteiger partial charge in [-0.05, 0) is 38.6 Å². The number of ether oxygens (including phenoxy) is 1. The maximum Gasteiger partial charge on any atom is 0.227 e. The largest absolute Gasteiger partial charge is 0.378 e. The molecule has 1 aromatic rings. The summed E-state index contributed by atoms with van der Waals surface area (Å²) in [6.45, 7) is 9.22. The van der Waals surface area contributed by atoms with E-state index in [-0.39, 0.29) is 5.92 Å². The molecule has 0 spiro atoms. The Morgan fingerprint density at radius 1 is 1.14 bits per heavy atom. The fourth-order valence-corrected chi connectivity index (χ4v) is 5.11. The van der Waals surface area contributed by atoms with E-state index in [0.717, 1.165) is 83.6 Å². The zero-order chi connectivity index (χ0) is 20.1. The fourth-order valence-electron chi connectivity index (χ4n) is 5.11. The first-order valence-corrected chi connectivity index (χ1v) is 11.4. The van der Waals surface area contributed by atoms with Crippen molar-refractivity contribution in [1.29, 1.82) is 0 Å². The van der Waals surface area contributed by atoms with Gasteiger partial charge in [-0.2, -0.15) is 0 Å². The van der Waals surface area contributed by atoms with Gasteiger partial charge < -0.3 is 14.5 Å². The van der Waals surface area contributed by atoms with Crippen molar-refractivity contribution in [2.45, 2.75) is 51.5 Å². The van der Waals surface area contributed by atoms with E-state index in [1.807, 2.05) is 11.1 Å². The summed E-state index contributed by atoms with van der Waals surface area (Å²) < 4.78 is 5.41. The highest BCUT2D eigenvalue weighted by atomic mass is 16.5. The third-order valence-electron chi connectivity index (χ3n) is 6.69. The minimum absolute atomic E-state index is 0.165. The molecule has 3 saturated heterocycles. The second-order valence-corrected chi connectivity index (χ2v) is 8.61. The number of hydrogen-bond donors (Lipinski definition) is 0. The third-order valence-corrected chi connectivity index (χ3v) is 6.69. The van der Waals surface area contributed by atoms with Crippen molar-refractivity contribution >= 4 is 11.7 Å². The van der Waals surface area contributed by atoms with Crippen LogP contribution in [0.5, 0.6) is 0 Å². The highest BCUT2D eigenvalue weighted by Crippen LogP contribution is 2.28. The third kappa shape index (κ3) is 4.89. The van der Waals surface area contributed by atoms with E-state index in [4.69, 9.17) is 4.74 Å². The molecule has 1 atom stereocenters. The molecule has 29 heavy (non-hydrogen) atoms. The van der Waals surface area contributed by atoms with Crippen LogP contribution in [0.15, 0.2) is 12.5 Å². The van der Waals surface area contributed by atoms with E-state index in [9.17, 15) is 4.79 Å². The number of anilines is 1. The molecular formula is C22H35N5O2. The maximum absolute atomic E-state index is 12.9. The summed E-state index contributed by atoms with van der Waals surface area (Å²) >= 11 is 0. The molecule has 0 unspecified atom stereocenters. The van der Waals surface area contributed by atoms with E-state index in [1.54, 1.807) is 6.33 Å². The van der Waals surface area contributed by atoms with Gasteiger partial charge >= 0.3 is 0 Å². The van der Waals surface area contributed by atoms with E-state index in [0.29, 0.717) is 25.2 Å². The molecule has 7 nitrogen and oxygen atoms in total. The molecule has 7 heteroatoms. The molecule has 1 amide bonds. The summed E-state index contributed by atoms with van der Waals surface area (Å²) in [6.07, 6.45) is 10.3. The number of rotatable bonds is 5. The predicted octanol–water partition coefficient (Wildman–Crippen LogP) is 1.97. The monoisotopic (exact) mass is 401 g/mol. The molecule has 1 aromatic heterocycles.